The number of nitrogens with one attached hydrogen (secondary N) is 7. The first kappa shape index (κ1) is 102. The van der Waals surface area contributed by atoms with Gasteiger partial charge in [-0.3, -0.25) is 63.8 Å². The van der Waals surface area contributed by atoms with Crippen LogP contribution in [0.4, 0.5) is 14.4 Å². The van der Waals surface area contributed by atoms with E-state index in [9.17, 15) is 117 Å². The summed E-state index contributed by atoms with van der Waals surface area (Å²) in [6.07, 6.45) is -4.11. The largest absolute Gasteiger partial charge is 0.685 e. The molecular weight excluding hydrogens is 1440 g/mol. The van der Waals surface area contributed by atoms with Gasteiger partial charge in [0.1, 0.15) is 44.0 Å². The number of carboxylic acid groups (broad SMARTS) is 5. The zero-order chi connectivity index (χ0) is 71.2. The van der Waals surface area contributed by atoms with Crippen LogP contribution in [0.15, 0.2) is 53.2 Å². The topological polar surface area (TPSA) is 852 Å². The Morgan fingerprint density at radius 3 is 1.64 bits per heavy atom. The van der Waals surface area contributed by atoms with Crippen molar-refractivity contribution in [1.82, 2.24) is 45.0 Å². The molecule has 0 aliphatic carbocycles. The van der Waals surface area contributed by atoms with Crippen molar-refractivity contribution in [3.05, 3.63) is 126 Å². The number of carboxylic acids is 5. The first-order chi connectivity index (χ1) is 42.3. The van der Waals surface area contributed by atoms with Gasteiger partial charge < -0.3 is 168 Å². The summed E-state index contributed by atoms with van der Waals surface area (Å²) in [7, 11) is -0.763. The normalized spacial score (nSPS) is 19.3. The van der Waals surface area contributed by atoms with Crippen molar-refractivity contribution in [2.75, 3.05) is 27.4 Å². The molecule has 2 radical (unpaired) electrons. The summed E-state index contributed by atoms with van der Waals surface area (Å²) in [4.78, 5) is 194. The predicted octanol–water partition coefficient (Wildman–Crippen LogP) is -16.8. The predicted molar refractivity (Wildman–Crippen MR) is 287 cm³/mol. The molecule has 3 aliphatic rings. The second-order valence-corrected chi connectivity index (χ2v) is 17.6. The smallest absolute Gasteiger partial charge is 0.408 e. The van der Waals surface area contributed by atoms with Crippen LogP contribution in [0.2, 0.25) is 0 Å². The average molecular weight is 1500 g/mol. The number of carbonyl (C=O) groups is 10. The van der Waals surface area contributed by atoms with Gasteiger partial charge in [-0.25, -0.2) is 35.4 Å². The zero-order valence-corrected chi connectivity index (χ0v) is 51.8. The molecule has 6 amide bonds. The number of nitrogens with zero attached hydrogens (tertiary/aromatic N) is 2. The van der Waals surface area contributed by atoms with E-state index < -0.39 is 174 Å². The molecule has 52 heteroatoms. The molecule has 3 fully saturated rings. The van der Waals surface area contributed by atoms with Crippen molar-refractivity contribution in [2.45, 2.75) is 74.0 Å². The average Bonchev–Trinajstić information content (AvgIpc) is 1.58. The van der Waals surface area contributed by atoms with Gasteiger partial charge >= 0.3 is 47.3 Å². The van der Waals surface area contributed by atoms with E-state index in [0.29, 0.717) is 10.6 Å². The van der Waals surface area contributed by atoms with Crippen LogP contribution >= 0.6 is 7.37 Å². The molecule has 11 atom stereocenters. The summed E-state index contributed by atoms with van der Waals surface area (Å²) >= 11 is 0. The molecule has 49 nitrogen and oxygen atoms in total. The molecule has 0 saturated carbocycles. The fourth-order valence-corrected chi connectivity index (χ4v) is 6.42. The number of hydrogen-bond acceptors (Lipinski definition) is 34. The number of primary amides is 2. The third-order valence-electron chi connectivity index (χ3n) is 9.54. The fraction of sp³-hybridized carbons (Fsp3) is 0.364. The van der Waals surface area contributed by atoms with E-state index in [2.05, 4.69) is 27.5 Å². The molecule has 6 heterocycles. The second-order valence-electron chi connectivity index (χ2n) is 15.8. The number of aromatic amines is 4. The van der Waals surface area contributed by atoms with Crippen molar-refractivity contribution >= 4 is 73.9 Å². The Labute approximate surface area is 556 Å². The van der Waals surface area contributed by atoms with Crippen LogP contribution in [-0.4, -0.2) is 214 Å². The van der Waals surface area contributed by atoms with Crippen LogP contribution in [0.1, 0.15) is 49.1 Å². The van der Waals surface area contributed by atoms with Crippen molar-refractivity contribution < 1.29 is 195 Å². The van der Waals surface area contributed by atoms with Crippen LogP contribution in [-0.2, 0) is 100 Å². The van der Waals surface area contributed by atoms with Crippen molar-refractivity contribution in [3.63, 3.8) is 0 Å². The first-order valence-corrected chi connectivity index (χ1v) is 24.5. The van der Waals surface area contributed by atoms with Crippen molar-refractivity contribution in [1.29, 1.82) is 0 Å². The Balaban J connectivity index is -0.000000116. The third kappa shape index (κ3) is 38.9. The van der Waals surface area contributed by atoms with Crippen LogP contribution in [0.3, 0.4) is 0 Å². The number of aliphatic carboxylic acids is 3. The molecule has 3 aliphatic heterocycles. The molecule has 22 N–H and O–H groups in total. The summed E-state index contributed by atoms with van der Waals surface area (Å²) in [5.74, 6) is -8.49. The number of rotatable bonds is 15. The minimum atomic E-state index is -3.54. The molecule has 3 aromatic rings. The number of imide groups is 1. The Hall–Kier alpha value is -9.96. The maximum absolute atomic E-state index is 11.8. The van der Waals surface area contributed by atoms with E-state index in [1.165, 1.54) is 26.1 Å². The molecule has 3 aromatic heterocycles. The summed E-state index contributed by atoms with van der Waals surface area (Å²) in [5, 5.41) is 103. The molecular formula is C44H61Co2N11O38P-9. The molecule has 0 bridgehead atoms. The van der Waals surface area contributed by atoms with Crippen LogP contribution < -0.4 is 86.8 Å². The van der Waals surface area contributed by atoms with Gasteiger partial charge in [-0.1, -0.05) is 0 Å². The van der Waals surface area contributed by atoms with Crippen molar-refractivity contribution in [3.8, 4) is 5.66 Å². The number of aromatic nitrogens is 6. The van der Waals surface area contributed by atoms with Crippen LogP contribution in [0.25, 0.3) is 0 Å². The number of urea groups is 2. The number of hydrogen-bond donors (Lipinski definition) is 14. The molecule has 552 valence electrons. The third-order valence-corrected chi connectivity index (χ3v) is 10.4. The van der Waals surface area contributed by atoms with Gasteiger partial charge in [0.25, 0.3) is 23.2 Å². The molecule has 6 rings (SSSR count). The van der Waals surface area contributed by atoms with E-state index in [1.54, 1.807) is 5.32 Å². The summed E-state index contributed by atoms with van der Waals surface area (Å²) in [6.45, 7) is 2.70. The number of nitrogens with two attached hydrogens (primary N) is 2. The van der Waals surface area contributed by atoms with Gasteiger partial charge in [0.15, 0.2) is 12.5 Å². The number of carbonyl (C=O) groups excluding carboxylic acids is 11. The maximum atomic E-state index is 11.8. The van der Waals surface area contributed by atoms with Gasteiger partial charge in [0, 0.05) is 73.6 Å². The molecule has 96 heavy (non-hydrogen) atoms. The quantitative estimate of drug-likeness (QED) is 0.0168. The molecule has 3 saturated heterocycles. The second kappa shape index (κ2) is 52.4. The zero-order valence-electron chi connectivity index (χ0n) is 49.8. The standard InChI is InChI=1S/C11H14N2O8.C10H14N2O6.C5H8N2O5.C5H6N2O4.C5H4N2O4.C4H4NO3P.CH2O3.CO2.2CH3.2Co.3H2O.H2/c1-20-3-5-7(15)8(16)9(21-5)13-4(10(17)18)2-6(14)12-11(13)19;1-17-4-5-7(14)8(15)9(18-5)12-3-2-6(13)11-10(12)16;6-5(12)7-2(4(10)11)1-3(8)9;2*8-3-1-2(4(9)10)6-5(11)7-3;1-3-9(2,7)8-4(5)6;2-1-4-3;2-1-3;;;;;;;;/h2,5,7-9,15-16H,3H2,1H3,(H,17,18)(H,12,14,19);2-3,5,7-9,14-15H,4H2,1H3,(H,11,13,16);2H,1H2,(H,8,9)(H,10,11)(H3,6,7,12);2H,1H2,(H,9,10)(H2,6,7,8,11);1H,(H,9,10)(H2,6,7,8,11);2H2,(H2,5,6);1,3H;;2*1H3;;;3*1H2;1H/q;;;;;-2;;;2*-1;;;;;;/p-5/t2*5-,7?,8+,9-;;;;;;;;;;;;;;/m11............../s1/i;;;;;;;;;;;;;;;1+1/hD. The number of aliphatic hydroxyl groups excluding tert-OH is 4. The maximum Gasteiger partial charge on any atom is 0.408 e. The number of H-pyrrole nitrogens is 4. The van der Waals surface area contributed by atoms with Crippen LogP contribution in [0, 0.1) is 33.6 Å². The van der Waals surface area contributed by atoms with Gasteiger partial charge in [-0.15, -0.1) is 0 Å². The van der Waals surface area contributed by atoms with E-state index in [4.69, 9.17) is 57.0 Å². The van der Waals surface area contributed by atoms with Gasteiger partial charge in [-0.2, -0.15) is 9.59 Å². The number of ether oxygens (including phenoxy) is 4. The van der Waals surface area contributed by atoms with E-state index in [0.717, 1.165) is 16.7 Å². The Bertz CT molecular complexity index is 3420. The van der Waals surface area contributed by atoms with E-state index in [1.807, 2.05) is 30.6 Å². The molecule has 0 aromatic carbocycles. The minimum Gasteiger partial charge on any atom is -0.685 e. The Morgan fingerprint density at radius 1 is 0.823 bits per heavy atom. The number of amides is 6. The number of aromatic carboxylic acids is 2. The Morgan fingerprint density at radius 2 is 1.28 bits per heavy atom. The van der Waals surface area contributed by atoms with Gasteiger partial charge in [-0.05, 0) is 0 Å². The SMILES string of the molecule is COC[C@H]1O[C@@H](n2c(C(=O)[O-])cc(=O)[nH]c2=O)[C@@H](O)C1O.COC[C@H]1O[C@@H](n2ccc(=O)[nH]c2=O)[C@@H](O)C1O.NC(=O)NC(CC(=O)O)C(=O)[O-].O.O.O=C([O-])c1cc(=O)[nH]c(=O)[nH]1.O=C1CC(C(=O)[O-])NC(=O)N1.O=C=O.O=CO[O-].[2HH].[2H]O.[C-]#CP([CH2-])(=O)OC(N)=O.[CH3-].[CH3-].[Co].[Co]. The minimum absolute atomic E-state index is 0. The number of aliphatic hydroxyl groups is 4. The molecule has 5 unspecified atom stereocenters. The Kier molecular flexibility index (Phi) is 55.8. The molecule has 0 spiro atoms. The van der Waals surface area contributed by atoms with Gasteiger partial charge in [0.2, 0.25) is 7.34 Å². The summed E-state index contributed by atoms with van der Waals surface area (Å²) in [5.41, 5.74) is 10.5. The van der Waals surface area contributed by atoms with E-state index in [-0.39, 0.29) is 93.0 Å². The van der Waals surface area contributed by atoms with Crippen molar-refractivity contribution in [2.24, 2.45) is 11.5 Å². The van der Waals surface area contributed by atoms with Gasteiger partial charge in [0.05, 0.1) is 73.4 Å². The number of methoxy groups -OCH3 is 2. The summed E-state index contributed by atoms with van der Waals surface area (Å²) < 4.78 is 40.8. The fourth-order valence-electron chi connectivity index (χ4n) is 6.08. The van der Waals surface area contributed by atoms with E-state index >= 15 is 0 Å². The summed E-state index contributed by atoms with van der Waals surface area (Å²) in [6, 6.07) is -2.19. The van der Waals surface area contributed by atoms with Crippen LogP contribution in [0.5, 0.6) is 0 Å². The monoisotopic (exact) mass is 1500 g/mol. The first-order valence-electron chi connectivity index (χ1n) is 23.1.